The average molecular weight is 241 g/mol. The molecule has 18 heavy (non-hydrogen) atoms. The van der Waals surface area contributed by atoms with Crippen molar-refractivity contribution in [3.8, 4) is 5.75 Å². The van der Waals surface area contributed by atoms with Crippen LogP contribution >= 0.6 is 0 Å². The predicted octanol–water partition coefficient (Wildman–Crippen LogP) is 3.35. The minimum atomic E-state index is 0.565. The van der Waals surface area contributed by atoms with E-state index in [1.165, 1.54) is 5.39 Å². The van der Waals surface area contributed by atoms with Crippen LogP contribution in [-0.2, 0) is 4.74 Å². The number of ether oxygens (including phenoxy) is 2. The number of rotatable bonds is 4. The van der Waals surface area contributed by atoms with E-state index in [-0.39, 0.29) is 0 Å². The van der Waals surface area contributed by atoms with Crippen LogP contribution in [0.3, 0.4) is 0 Å². The lowest BCUT2D eigenvalue weighted by molar-refractivity contribution is 0.147. The van der Waals surface area contributed by atoms with E-state index >= 15 is 0 Å². The van der Waals surface area contributed by atoms with Crippen molar-refractivity contribution in [3.05, 3.63) is 42.5 Å². The molecule has 0 aliphatic rings. The topological polar surface area (TPSA) is 34.2 Å². The van der Waals surface area contributed by atoms with Crippen LogP contribution < -0.4 is 4.74 Å². The number of para-hydroxylation sites is 1. The quantitative estimate of drug-likeness (QED) is 0.711. The van der Waals surface area contributed by atoms with Gasteiger partial charge in [0.2, 0.25) is 0 Å². The maximum absolute atomic E-state index is 5.78. The van der Waals surface area contributed by atoms with E-state index in [2.05, 4.69) is 23.2 Å². The van der Waals surface area contributed by atoms with Crippen molar-refractivity contribution in [2.75, 3.05) is 20.3 Å². The van der Waals surface area contributed by atoms with Crippen LogP contribution in [0.15, 0.2) is 42.5 Å². The molecule has 2 aromatic carbocycles. The van der Waals surface area contributed by atoms with E-state index in [0.29, 0.717) is 13.2 Å². The first-order chi connectivity index (χ1) is 8.90. The third-order valence-electron chi connectivity index (χ3n) is 3.04. The summed E-state index contributed by atoms with van der Waals surface area (Å²) in [7, 11) is 1.68. The van der Waals surface area contributed by atoms with Gasteiger partial charge in [0.1, 0.15) is 12.4 Å². The number of benzene rings is 2. The van der Waals surface area contributed by atoms with E-state index in [1.807, 2.05) is 24.3 Å². The zero-order valence-corrected chi connectivity index (χ0v) is 10.3. The number of H-pyrrole nitrogens is 1. The van der Waals surface area contributed by atoms with Gasteiger partial charge in [-0.1, -0.05) is 24.3 Å². The zero-order chi connectivity index (χ0) is 12.4. The molecule has 3 heteroatoms. The van der Waals surface area contributed by atoms with Gasteiger partial charge in [0.05, 0.1) is 12.1 Å². The fourth-order valence-corrected chi connectivity index (χ4v) is 2.22. The number of aromatic nitrogens is 1. The van der Waals surface area contributed by atoms with E-state index in [0.717, 1.165) is 22.2 Å². The molecule has 3 rings (SSSR count). The van der Waals surface area contributed by atoms with Crippen LogP contribution in [0.5, 0.6) is 5.75 Å². The van der Waals surface area contributed by atoms with Gasteiger partial charge in [0.25, 0.3) is 0 Å². The molecule has 0 bridgehead atoms. The van der Waals surface area contributed by atoms with Gasteiger partial charge >= 0.3 is 0 Å². The Kier molecular flexibility index (Phi) is 2.90. The lowest BCUT2D eigenvalue weighted by Gasteiger charge is -2.06. The summed E-state index contributed by atoms with van der Waals surface area (Å²) >= 11 is 0. The first-order valence-electron chi connectivity index (χ1n) is 6.01. The second-order valence-corrected chi connectivity index (χ2v) is 4.19. The van der Waals surface area contributed by atoms with Gasteiger partial charge in [-0.25, -0.2) is 0 Å². The van der Waals surface area contributed by atoms with Gasteiger partial charge in [0, 0.05) is 23.4 Å². The molecule has 1 aromatic heterocycles. The van der Waals surface area contributed by atoms with Crippen LogP contribution in [0.1, 0.15) is 0 Å². The third kappa shape index (κ3) is 1.83. The Labute approximate surface area is 105 Å². The van der Waals surface area contributed by atoms with Crippen LogP contribution in [0.2, 0.25) is 0 Å². The molecule has 0 aliphatic heterocycles. The second kappa shape index (κ2) is 4.70. The Morgan fingerprint density at radius 1 is 0.944 bits per heavy atom. The SMILES string of the molecule is COCCOc1cccc2[nH]c3ccccc3c12. The molecule has 3 aromatic rings. The summed E-state index contributed by atoms with van der Waals surface area (Å²) in [6.07, 6.45) is 0. The van der Waals surface area contributed by atoms with Crippen molar-refractivity contribution in [2.45, 2.75) is 0 Å². The number of hydrogen-bond acceptors (Lipinski definition) is 2. The Morgan fingerprint density at radius 3 is 2.67 bits per heavy atom. The molecule has 0 radical (unpaired) electrons. The molecule has 0 atom stereocenters. The fraction of sp³-hybridized carbons (Fsp3) is 0.200. The molecule has 0 fully saturated rings. The minimum absolute atomic E-state index is 0.565. The van der Waals surface area contributed by atoms with Crippen LogP contribution in [0.25, 0.3) is 21.8 Å². The normalized spacial score (nSPS) is 11.2. The molecular formula is C15H15NO2. The van der Waals surface area contributed by atoms with Gasteiger partial charge in [-0.05, 0) is 18.2 Å². The maximum atomic E-state index is 5.78. The summed E-state index contributed by atoms with van der Waals surface area (Å²) in [6, 6.07) is 14.3. The number of methoxy groups -OCH3 is 1. The first-order valence-corrected chi connectivity index (χ1v) is 6.01. The minimum Gasteiger partial charge on any atom is -0.490 e. The monoisotopic (exact) mass is 241 g/mol. The van der Waals surface area contributed by atoms with E-state index in [1.54, 1.807) is 7.11 Å². The Morgan fingerprint density at radius 2 is 1.78 bits per heavy atom. The van der Waals surface area contributed by atoms with Crippen LogP contribution in [-0.4, -0.2) is 25.3 Å². The van der Waals surface area contributed by atoms with Crippen LogP contribution in [0.4, 0.5) is 0 Å². The van der Waals surface area contributed by atoms with Crippen molar-refractivity contribution in [1.29, 1.82) is 0 Å². The number of nitrogens with one attached hydrogen (secondary N) is 1. The highest BCUT2D eigenvalue weighted by molar-refractivity contribution is 6.10. The summed E-state index contributed by atoms with van der Waals surface area (Å²) < 4.78 is 10.8. The number of aromatic amines is 1. The van der Waals surface area contributed by atoms with Gasteiger partial charge in [0.15, 0.2) is 0 Å². The maximum Gasteiger partial charge on any atom is 0.129 e. The van der Waals surface area contributed by atoms with Crippen LogP contribution in [0, 0.1) is 0 Å². The van der Waals surface area contributed by atoms with E-state index in [4.69, 9.17) is 9.47 Å². The fourth-order valence-electron chi connectivity index (χ4n) is 2.22. The largest absolute Gasteiger partial charge is 0.490 e. The molecule has 0 unspecified atom stereocenters. The summed E-state index contributed by atoms with van der Waals surface area (Å²) in [4.78, 5) is 3.40. The molecule has 1 N–H and O–H groups in total. The molecule has 0 amide bonds. The number of fused-ring (bicyclic) bond motifs is 3. The van der Waals surface area contributed by atoms with Crippen molar-refractivity contribution >= 4 is 21.8 Å². The third-order valence-corrected chi connectivity index (χ3v) is 3.04. The highest BCUT2D eigenvalue weighted by Crippen LogP contribution is 2.32. The van der Waals surface area contributed by atoms with Crippen molar-refractivity contribution < 1.29 is 9.47 Å². The molecule has 92 valence electrons. The molecular weight excluding hydrogens is 226 g/mol. The highest BCUT2D eigenvalue weighted by atomic mass is 16.5. The predicted molar refractivity (Wildman–Crippen MR) is 73.2 cm³/mol. The van der Waals surface area contributed by atoms with Gasteiger partial charge in [-0.2, -0.15) is 0 Å². The molecule has 0 saturated heterocycles. The first kappa shape index (κ1) is 11.1. The molecule has 0 aliphatic carbocycles. The van der Waals surface area contributed by atoms with Crippen molar-refractivity contribution in [1.82, 2.24) is 4.98 Å². The Balaban J connectivity index is 2.13. The summed E-state index contributed by atoms with van der Waals surface area (Å²) in [6.45, 7) is 1.16. The van der Waals surface area contributed by atoms with E-state index < -0.39 is 0 Å². The second-order valence-electron chi connectivity index (χ2n) is 4.19. The van der Waals surface area contributed by atoms with Crippen molar-refractivity contribution in [3.63, 3.8) is 0 Å². The Hall–Kier alpha value is -2.00. The molecule has 1 heterocycles. The zero-order valence-electron chi connectivity index (χ0n) is 10.3. The molecule has 0 saturated carbocycles. The van der Waals surface area contributed by atoms with E-state index in [9.17, 15) is 0 Å². The lowest BCUT2D eigenvalue weighted by Crippen LogP contribution is -2.04. The average Bonchev–Trinajstić information content (AvgIpc) is 2.78. The summed E-state index contributed by atoms with van der Waals surface area (Å²) in [5.74, 6) is 0.905. The molecule has 3 nitrogen and oxygen atoms in total. The Bertz CT molecular complexity index is 672. The molecule has 0 spiro atoms. The van der Waals surface area contributed by atoms with Gasteiger partial charge < -0.3 is 14.5 Å². The van der Waals surface area contributed by atoms with Gasteiger partial charge in [-0.3, -0.25) is 0 Å². The highest BCUT2D eigenvalue weighted by Gasteiger charge is 2.08. The number of hydrogen-bond donors (Lipinski definition) is 1. The summed E-state index contributed by atoms with van der Waals surface area (Å²) in [5, 5.41) is 2.34. The van der Waals surface area contributed by atoms with Crippen molar-refractivity contribution in [2.24, 2.45) is 0 Å². The summed E-state index contributed by atoms with van der Waals surface area (Å²) in [5.41, 5.74) is 2.24. The smallest absolute Gasteiger partial charge is 0.129 e. The van der Waals surface area contributed by atoms with Gasteiger partial charge in [-0.15, -0.1) is 0 Å². The standard InChI is InChI=1S/C15H15NO2/c1-17-9-10-18-14-8-4-7-13-15(14)11-5-2-3-6-12(11)16-13/h2-8,16H,9-10H2,1H3. The lowest BCUT2D eigenvalue weighted by atomic mass is 10.1.